The Balaban J connectivity index is 2.20. The van der Waals surface area contributed by atoms with Gasteiger partial charge in [-0.1, -0.05) is 19.8 Å². The molecule has 1 aliphatic heterocycles. The fourth-order valence-corrected chi connectivity index (χ4v) is 4.12. The van der Waals surface area contributed by atoms with Gasteiger partial charge in [0.2, 0.25) is 0 Å². The molecular weight excluding hydrogens is 510 g/mol. The molecule has 2 unspecified atom stereocenters. The van der Waals surface area contributed by atoms with E-state index in [9.17, 15) is 35.9 Å². The third-order valence-corrected chi connectivity index (χ3v) is 5.68. The number of alkyl halides is 6. The van der Waals surface area contributed by atoms with Crippen LogP contribution in [0.1, 0.15) is 56.3 Å². The number of halogens is 6. The van der Waals surface area contributed by atoms with Gasteiger partial charge in [-0.2, -0.15) is 26.3 Å². The molecule has 1 aromatic rings. The zero-order chi connectivity index (χ0) is 27.6. The van der Waals surface area contributed by atoms with Gasteiger partial charge in [0, 0.05) is 12.6 Å². The number of amides is 1. The molecule has 1 N–H and O–H groups in total. The Kier molecular flexibility index (Phi) is 11.3. The summed E-state index contributed by atoms with van der Waals surface area (Å²) in [6.07, 6.45) is -5.71. The number of benzene rings is 1. The molecule has 1 aliphatic rings. The lowest BCUT2D eigenvalue weighted by atomic mass is 9.97. The second kappa shape index (κ2) is 13.7. The molecule has 7 nitrogen and oxygen atoms in total. The van der Waals surface area contributed by atoms with Crippen LogP contribution in [0, 0.1) is 0 Å². The van der Waals surface area contributed by atoms with E-state index in [4.69, 9.17) is 9.47 Å². The van der Waals surface area contributed by atoms with Crippen LogP contribution in [0.15, 0.2) is 18.2 Å². The van der Waals surface area contributed by atoms with E-state index in [0.717, 1.165) is 37.5 Å². The zero-order valence-electron chi connectivity index (χ0n) is 20.7. The first kappa shape index (κ1) is 30.5. The van der Waals surface area contributed by atoms with Gasteiger partial charge in [0.25, 0.3) is 5.91 Å². The summed E-state index contributed by atoms with van der Waals surface area (Å²) < 4.78 is 90.2. The number of ether oxygens (including phenoxy) is 3. The summed E-state index contributed by atoms with van der Waals surface area (Å²) in [6.45, 7) is 1.20. The lowest BCUT2D eigenvalue weighted by molar-refractivity contribution is -0.154. The molecule has 1 amide bonds. The van der Waals surface area contributed by atoms with Gasteiger partial charge in [0.1, 0.15) is 17.5 Å². The largest absolute Gasteiger partial charge is 0.484 e. The number of carbonyl (C=O) groups excluding carboxylic acids is 2. The summed E-state index contributed by atoms with van der Waals surface area (Å²) in [5, 5.41) is 2.63. The molecule has 0 saturated carbocycles. The van der Waals surface area contributed by atoms with Crippen molar-refractivity contribution in [2.45, 2.75) is 70.4 Å². The molecule has 0 aliphatic carbocycles. The quantitative estimate of drug-likeness (QED) is 0.300. The molecule has 0 radical (unpaired) electrons. The maximum atomic E-state index is 13.0. The first-order valence-electron chi connectivity index (χ1n) is 12.1. The molecule has 37 heavy (non-hydrogen) atoms. The summed E-state index contributed by atoms with van der Waals surface area (Å²) in [4.78, 5) is 27.5. The van der Waals surface area contributed by atoms with E-state index in [1.807, 2.05) is 11.8 Å². The van der Waals surface area contributed by atoms with E-state index in [1.165, 1.54) is 0 Å². The van der Waals surface area contributed by atoms with E-state index in [2.05, 4.69) is 10.1 Å². The lowest BCUT2D eigenvalue weighted by Crippen LogP contribution is -2.54. The SMILES string of the molecule is CCCC(C(=O)OCC)N1CCCCC1CNC(=O)c1cc(OCC(F)(F)F)ccc1OCC(F)(F)F. The van der Waals surface area contributed by atoms with E-state index in [1.54, 1.807) is 6.92 Å². The van der Waals surface area contributed by atoms with Gasteiger partial charge in [0.05, 0.1) is 12.2 Å². The average Bonchev–Trinajstić information content (AvgIpc) is 2.83. The van der Waals surface area contributed by atoms with Crippen molar-refractivity contribution >= 4 is 11.9 Å². The number of esters is 1. The molecule has 1 fully saturated rings. The number of hydrogen-bond donors (Lipinski definition) is 1. The second-order valence-electron chi connectivity index (χ2n) is 8.62. The second-order valence-corrected chi connectivity index (χ2v) is 8.62. The van der Waals surface area contributed by atoms with Crippen LogP contribution in [-0.4, -0.2) is 74.1 Å². The van der Waals surface area contributed by atoms with Crippen LogP contribution in [0.5, 0.6) is 11.5 Å². The fourth-order valence-electron chi connectivity index (χ4n) is 4.12. The Morgan fingerprint density at radius 3 is 2.35 bits per heavy atom. The molecular formula is C24H32F6N2O5. The van der Waals surface area contributed by atoms with Crippen molar-refractivity contribution in [1.82, 2.24) is 10.2 Å². The molecule has 1 saturated heterocycles. The number of rotatable bonds is 12. The number of nitrogens with zero attached hydrogens (tertiary/aromatic N) is 1. The molecule has 210 valence electrons. The van der Waals surface area contributed by atoms with Crippen LogP contribution in [0.25, 0.3) is 0 Å². The zero-order valence-corrected chi connectivity index (χ0v) is 20.7. The minimum atomic E-state index is -4.69. The first-order valence-corrected chi connectivity index (χ1v) is 12.1. The van der Waals surface area contributed by atoms with Crippen molar-refractivity contribution in [3.05, 3.63) is 23.8 Å². The first-order chi connectivity index (χ1) is 17.3. The predicted octanol–water partition coefficient (Wildman–Crippen LogP) is 4.88. The van der Waals surface area contributed by atoms with Crippen LogP contribution in [0.4, 0.5) is 26.3 Å². The van der Waals surface area contributed by atoms with Gasteiger partial charge in [0.15, 0.2) is 13.2 Å². The minimum absolute atomic E-state index is 0.0603. The summed E-state index contributed by atoms with van der Waals surface area (Å²) in [5.74, 6) is -2.01. The highest BCUT2D eigenvalue weighted by molar-refractivity contribution is 5.97. The van der Waals surface area contributed by atoms with Crippen molar-refractivity contribution in [1.29, 1.82) is 0 Å². The van der Waals surface area contributed by atoms with E-state index < -0.39 is 48.8 Å². The summed E-state index contributed by atoms with van der Waals surface area (Å²) in [5.41, 5.74) is -0.401. The smallest absolute Gasteiger partial charge is 0.422 e. The molecule has 0 aromatic heterocycles. The molecule has 1 heterocycles. The van der Waals surface area contributed by atoms with E-state index in [0.29, 0.717) is 19.4 Å². The average molecular weight is 543 g/mol. The number of nitrogens with one attached hydrogen (secondary N) is 1. The van der Waals surface area contributed by atoms with Gasteiger partial charge in [-0.05, 0) is 50.9 Å². The van der Waals surface area contributed by atoms with Crippen molar-refractivity contribution < 1.29 is 50.1 Å². The third kappa shape index (κ3) is 10.3. The minimum Gasteiger partial charge on any atom is -0.484 e. The van der Waals surface area contributed by atoms with Crippen molar-refractivity contribution in [2.75, 3.05) is 32.9 Å². The lowest BCUT2D eigenvalue weighted by Gasteiger charge is -2.40. The molecule has 0 spiro atoms. The van der Waals surface area contributed by atoms with Crippen LogP contribution >= 0.6 is 0 Å². The van der Waals surface area contributed by atoms with Gasteiger partial charge in [-0.3, -0.25) is 14.5 Å². The highest BCUT2D eigenvalue weighted by atomic mass is 19.4. The van der Waals surface area contributed by atoms with E-state index >= 15 is 0 Å². The van der Waals surface area contributed by atoms with Crippen LogP contribution in [0.3, 0.4) is 0 Å². The van der Waals surface area contributed by atoms with Crippen molar-refractivity contribution in [3.63, 3.8) is 0 Å². The highest BCUT2D eigenvalue weighted by Gasteiger charge is 2.34. The number of hydrogen-bond acceptors (Lipinski definition) is 6. The normalized spacial score (nSPS) is 17.7. The Bertz CT molecular complexity index is 893. The fraction of sp³-hybridized carbons (Fsp3) is 0.667. The number of piperidine rings is 1. The van der Waals surface area contributed by atoms with Gasteiger partial charge >= 0.3 is 18.3 Å². The molecule has 2 atom stereocenters. The van der Waals surface area contributed by atoms with E-state index in [-0.39, 0.29) is 30.9 Å². The molecule has 0 bridgehead atoms. The van der Waals surface area contributed by atoms with Crippen molar-refractivity contribution in [2.24, 2.45) is 0 Å². The van der Waals surface area contributed by atoms with Crippen LogP contribution in [0.2, 0.25) is 0 Å². The maximum Gasteiger partial charge on any atom is 0.422 e. The molecule has 1 aromatic carbocycles. The summed E-state index contributed by atoms with van der Waals surface area (Å²) >= 11 is 0. The standard InChI is InChI=1S/C24H32F6N2O5/c1-3-7-19(22(34)35-4-2)32-11-6-5-8-16(32)13-31-21(33)18-12-17(36-14-23(25,26)27)9-10-20(18)37-15-24(28,29)30/h9-10,12,16,19H,3-8,11,13-15H2,1-2H3,(H,31,33). The monoisotopic (exact) mass is 542 g/mol. The third-order valence-electron chi connectivity index (χ3n) is 5.68. The Morgan fingerprint density at radius 2 is 1.73 bits per heavy atom. The Hall–Kier alpha value is -2.70. The van der Waals surface area contributed by atoms with Crippen LogP contribution in [-0.2, 0) is 9.53 Å². The highest BCUT2D eigenvalue weighted by Crippen LogP contribution is 2.28. The summed E-state index contributed by atoms with van der Waals surface area (Å²) in [7, 11) is 0. The summed E-state index contributed by atoms with van der Waals surface area (Å²) in [6, 6.07) is 2.10. The number of likely N-dealkylation sites (tertiary alicyclic amines) is 1. The Labute approximate surface area is 211 Å². The Morgan fingerprint density at radius 1 is 1.05 bits per heavy atom. The van der Waals surface area contributed by atoms with Crippen molar-refractivity contribution in [3.8, 4) is 11.5 Å². The van der Waals surface area contributed by atoms with Gasteiger partial charge in [-0.25, -0.2) is 0 Å². The number of carbonyl (C=O) groups is 2. The molecule has 13 heteroatoms. The van der Waals surface area contributed by atoms with Gasteiger partial charge in [-0.15, -0.1) is 0 Å². The van der Waals surface area contributed by atoms with Gasteiger partial charge < -0.3 is 19.5 Å². The molecule has 2 rings (SSSR count). The topological polar surface area (TPSA) is 77.1 Å². The van der Waals surface area contributed by atoms with Crippen LogP contribution < -0.4 is 14.8 Å². The maximum absolute atomic E-state index is 13.0. The predicted molar refractivity (Wildman–Crippen MR) is 122 cm³/mol.